The van der Waals surface area contributed by atoms with Crippen molar-refractivity contribution < 1.29 is 32.7 Å². The first kappa shape index (κ1) is 23.3. The third-order valence-electron chi connectivity index (χ3n) is 7.61. The molecule has 2 amide bonds. The molecule has 0 spiro atoms. The molecule has 0 radical (unpaired) electrons. The van der Waals surface area contributed by atoms with Crippen LogP contribution in [0.4, 0.5) is 19.4 Å². The van der Waals surface area contributed by atoms with Crippen LogP contribution in [0.1, 0.15) is 37.0 Å². The summed E-state index contributed by atoms with van der Waals surface area (Å²) in [5, 5.41) is 23.7. The molecule has 4 aliphatic rings. The summed E-state index contributed by atoms with van der Waals surface area (Å²) in [4.78, 5) is 26.9. The molecule has 2 aromatic heterocycles. The molecular weight excluding hydrogens is 466 g/mol. The lowest BCUT2D eigenvalue weighted by atomic mass is 9.82. The number of aromatic nitrogens is 2. The molecule has 34 heavy (non-hydrogen) atoms. The number of anilines is 1. The second-order valence-corrected chi connectivity index (χ2v) is 10.6. The van der Waals surface area contributed by atoms with Crippen molar-refractivity contribution >= 4 is 29.2 Å². The van der Waals surface area contributed by atoms with Crippen LogP contribution in [0.5, 0.6) is 0 Å². The third-order valence-corrected chi connectivity index (χ3v) is 8.60. The third kappa shape index (κ3) is 4.09. The molecule has 182 valence electrons. The second kappa shape index (κ2) is 8.62. The van der Waals surface area contributed by atoms with Crippen LogP contribution in [-0.4, -0.2) is 63.4 Å². The number of quaternary nitrogens is 1. The van der Waals surface area contributed by atoms with Gasteiger partial charge in [0.15, 0.2) is 17.5 Å². The van der Waals surface area contributed by atoms with E-state index >= 15 is 0 Å². The Morgan fingerprint density at radius 1 is 1.24 bits per heavy atom. The van der Waals surface area contributed by atoms with Gasteiger partial charge in [-0.1, -0.05) is 6.07 Å². The van der Waals surface area contributed by atoms with Gasteiger partial charge in [-0.05, 0) is 30.0 Å². The van der Waals surface area contributed by atoms with Gasteiger partial charge in [0.05, 0.1) is 13.1 Å². The minimum absolute atomic E-state index is 0.0328. The molecule has 2 unspecified atom stereocenters. The van der Waals surface area contributed by atoms with Gasteiger partial charge in [-0.25, -0.2) is 22.9 Å². The monoisotopic (exact) mass is 493 g/mol. The minimum Gasteiger partial charge on any atom is -0.454 e. The Kier molecular flexibility index (Phi) is 5.89. The summed E-state index contributed by atoms with van der Waals surface area (Å²) in [5.74, 6) is -4.34. The Balaban J connectivity index is 1.35. The van der Waals surface area contributed by atoms with Crippen molar-refractivity contribution in [2.24, 2.45) is 11.8 Å². The number of rotatable bonds is 5. The molecule has 0 aromatic carbocycles. The number of hydrogen-bond acceptors (Lipinski definition) is 7. The lowest BCUT2D eigenvalue weighted by molar-refractivity contribution is -0.869. The normalized spacial score (nSPS) is 31.6. The SMILES string of the molecule is O=C(OC1C[N+]2(C(=O)Nc3cccnn3)CCC1CC2)[C@@](O)(c1cccs1)C1CCC(F)(F)C1. The maximum absolute atomic E-state index is 14.0. The van der Waals surface area contributed by atoms with E-state index in [0.29, 0.717) is 36.6 Å². The number of fused-ring (bicyclic) bond motifs is 3. The predicted molar refractivity (Wildman–Crippen MR) is 119 cm³/mol. The summed E-state index contributed by atoms with van der Waals surface area (Å²) in [7, 11) is 0. The summed E-state index contributed by atoms with van der Waals surface area (Å²) in [5.41, 5.74) is -2.13. The number of carbonyl (C=O) groups is 2. The van der Waals surface area contributed by atoms with Gasteiger partial charge in [0.1, 0.15) is 6.54 Å². The Hall–Kier alpha value is -2.50. The fourth-order valence-corrected chi connectivity index (χ4v) is 6.53. The maximum atomic E-state index is 14.0. The zero-order valence-electron chi connectivity index (χ0n) is 18.5. The van der Waals surface area contributed by atoms with Crippen LogP contribution in [-0.2, 0) is 15.1 Å². The zero-order chi connectivity index (χ0) is 24.0. The van der Waals surface area contributed by atoms with Gasteiger partial charge >= 0.3 is 12.0 Å². The number of amides is 2. The van der Waals surface area contributed by atoms with E-state index in [0.717, 1.165) is 11.3 Å². The highest BCUT2D eigenvalue weighted by atomic mass is 32.1. The van der Waals surface area contributed by atoms with Crippen LogP contribution < -0.4 is 5.32 Å². The summed E-state index contributed by atoms with van der Waals surface area (Å²) >= 11 is 1.15. The average molecular weight is 494 g/mol. The maximum Gasteiger partial charge on any atom is 0.422 e. The number of ether oxygens (including phenoxy) is 1. The van der Waals surface area contributed by atoms with Gasteiger partial charge in [0, 0.05) is 48.6 Å². The number of alkyl halides is 2. The molecule has 5 heterocycles. The Bertz CT molecular complexity index is 1050. The molecule has 2 N–H and O–H groups in total. The first-order chi connectivity index (χ1) is 16.2. The highest BCUT2D eigenvalue weighted by molar-refractivity contribution is 7.10. The highest BCUT2D eigenvalue weighted by Crippen LogP contribution is 2.49. The Morgan fingerprint density at radius 2 is 2.03 bits per heavy atom. The van der Waals surface area contributed by atoms with Crippen molar-refractivity contribution in [3.63, 3.8) is 0 Å². The number of piperidine rings is 3. The zero-order valence-corrected chi connectivity index (χ0v) is 19.3. The number of aliphatic hydroxyl groups is 1. The van der Waals surface area contributed by atoms with Crippen LogP contribution >= 0.6 is 11.3 Å². The van der Waals surface area contributed by atoms with Gasteiger partial charge in [-0.15, -0.1) is 16.4 Å². The van der Waals surface area contributed by atoms with E-state index in [1.54, 1.807) is 29.6 Å². The van der Waals surface area contributed by atoms with Crippen LogP contribution in [0.2, 0.25) is 0 Å². The molecule has 2 bridgehead atoms. The number of urea groups is 1. The van der Waals surface area contributed by atoms with Gasteiger partial charge in [0.2, 0.25) is 5.92 Å². The van der Waals surface area contributed by atoms with Gasteiger partial charge in [-0.2, -0.15) is 5.10 Å². The van der Waals surface area contributed by atoms with E-state index in [1.807, 2.05) is 0 Å². The van der Waals surface area contributed by atoms with E-state index < -0.39 is 35.9 Å². The Labute approximate surface area is 199 Å². The van der Waals surface area contributed by atoms with Crippen LogP contribution in [0.3, 0.4) is 0 Å². The number of carbonyl (C=O) groups excluding carboxylic acids is 2. The summed E-state index contributed by atoms with van der Waals surface area (Å²) in [6, 6.07) is 6.34. The van der Waals surface area contributed by atoms with Crippen molar-refractivity contribution in [1.82, 2.24) is 10.2 Å². The van der Waals surface area contributed by atoms with Crippen molar-refractivity contribution in [2.45, 2.75) is 49.7 Å². The molecule has 3 atom stereocenters. The molecule has 1 saturated carbocycles. The van der Waals surface area contributed by atoms with Gasteiger partial charge < -0.3 is 9.84 Å². The van der Waals surface area contributed by atoms with Gasteiger partial charge in [0.25, 0.3) is 0 Å². The molecular formula is C23H27F2N4O4S+. The van der Waals surface area contributed by atoms with E-state index in [9.17, 15) is 23.5 Å². The molecule has 4 fully saturated rings. The van der Waals surface area contributed by atoms with E-state index in [1.165, 1.54) is 6.20 Å². The predicted octanol–water partition coefficient (Wildman–Crippen LogP) is 3.55. The topological polar surface area (TPSA) is 101 Å². The molecule has 6 rings (SSSR count). The van der Waals surface area contributed by atoms with Crippen molar-refractivity contribution in [1.29, 1.82) is 0 Å². The fraction of sp³-hybridized carbons (Fsp3) is 0.565. The smallest absolute Gasteiger partial charge is 0.422 e. The first-order valence-corrected chi connectivity index (χ1v) is 12.4. The lowest BCUT2D eigenvalue weighted by Crippen LogP contribution is -2.68. The highest BCUT2D eigenvalue weighted by Gasteiger charge is 2.58. The number of halogens is 2. The van der Waals surface area contributed by atoms with Crippen LogP contribution in [0, 0.1) is 11.8 Å². The first-order valence-electron chi connectivity index (χ1n) is 11.5. The molecule has 3 saturated heterocycles. The summed E-state index contributed by atoms with van der Waals surface area (Å²) in [6.07, 6.45) is 1.40. The molecule has 3 aliphatic heterocycles. The molecule has 11 heteroatoms. The van der Waals surface area contributed by atoms with Crippen molar-refractivity contribution in [2.75, 3.05) is 25.0 Å². The summed E-state index contributed by atoms with van der Waals surface area (Å²) in [6.45, 7) is 1.48. The van der Waals surface area contributed by atoms with Gasteiger partial charge in [-0.3, -0.25) is 5.32 Å². The molecule has 1 aliphatic carbocycles. The number of nitrogens with zero attached hydrogens (tertiary/aromatic N) is 3. The van der Waals surface area contributed by atoms with E-state index in [-0.39, 0.29) is 35.8 Å². The number of thiophene rings is 1. The fourth-order valence-electron chi connectivity index (χ4n) is 5.64. The Morgan fingerprint density at radius 3 is 2.65 bits per heavy atom. The van der Waals surface area contributed by atoms with Crippen molar-refractivity contribution in [3.8, 4) is 0 Å². The van der Waals surface area contributed by atoms with Crippen molar-refractivity contribution in [3.05, 3.63) is 40.7 Å². The van der Waals surface area contributed by atoms with Crippen LogP contribution in [0.25, 0.3) is 0 Å². The summed E-state index contributed by atoms with van der Waals surface area (Å²) < 4.78 is 34.0. The average Bonchev–Trinajstić information content (AvgIpc) is 3.50. The van der Waals surface area contributed by atoms with E-state index in [4.69, 9.17) is 4.74 Å². The van der Waals surface area contributed by atoms with E-state index in [2.05, 4.69) is 15.5 Å². The molecule has 8 nitrogen and oxygen atoms in total. The lowest BCUT2D eigenvalue weighted by Gasteiger charge is -2.49. The number of esters is 1. The molecule has 2 aromatic rings. The minimum atomic E-state index is -2.92. The standard InChI is InChI=1S/C23H26F2N4O4S/c24-22(25)8-5-16(13-22)23(32,18-3-2-12-34-18)20(30)33-17-14-29(10-6-15(17)7-11-29)21(31)27-19-4-1-9-26-28-19/h1-4,9,12,15-17,32H,5-8,10-11,13-14H2/p+1/t15?,16?,17?,23-,29?/m0/s1. The second-order valence-electron chi connectivity index (χ2n) is 9.63. The number of hydrogen-bond donors (Lipinski definition) is 2. The number of nitrogens with one attached hydrogen (secondary N) is 1. The largest absolute Gasteiger partial charge is 0.454 e. The quantitative estimate of drug-likeness (QED) is 0.488. The van der Waals surface area contributed by atoms with Crippen LogP contribution in [0.15, 0.2) is 35.8 Å².